The quantitative estimate of drug-likeness (QED) is 0.756. The number of hydrogen-bond donors (Lipinski definition) is 1. The topological polar surface area (TPSA) is 92.8 Å². The predicted molar refractivity (Wildman–Crippen MR) is 99.9 cm³/mol. The molecule has 2 amide bonds. The molecule has 1 aromatic rings. The first-order chi connectivity index (χ1) is 12.1. The molecule has 1 atom stereocenters. The van der Waals surface area contributed by atoms with Gasteiger partial charge in [0.2, 0.25) is 11.8 Å². The number of anilines is 1. The number of amides is 2. The third kappa shape index (κ3) is 4.55. The first-order valence-electron chi connectivity index (χ1n) is 8.59. The second kappa shape index (κ2) is 7.65. The number of hydrogen-bond acceptors (Lipinski definition) is 5. The van der Waals surface area contributed by atoms with Crippen molar-refractivity contribution in [3.63, 3.8) is 0 Å². The van der Waals surface area contributed by atoms with Crippen molar-refractivity contribution in [2.24, 2.45) is 5.41 Å². The van der Waals surface area contributed by atoms with Crippen LogP contribution in [0.25, 0.3) is 0 Å². The molecule has 1 aromatic carbocycles. The number of benzene rings is 1. The van der Waals surface area contributed by atoms with Crippen molar-refractivity contribution in [3.05, 3.63) is 24.3 Å². The minimum Gasteiger partial charge on any atom is -0.494 e. The number of ether oxygens (including phenoxy) is 1. The van der Waals surface area contributed by atoms with Gasteiger partial charge in [-0.3, -0.25) is 9.59 Å². The molecule has 1 aliphatic rings. The van der Waals surface area contributed by atoms with Crippen LogP contribution in [0.1, 0.15) is 27.2 Å². The van der Waals surface area contributed by atoms with Crippen molar-refractivity contribution < 1.29 is 22.7 Å². The van der Waals surface area contributed by atoms with Gasteiger partial charge >= 0.3 is 0 Å². The summed E-state index contributed by atoms with van der Waals surface area (Å²) in [4.78, 5) is 26.8. The van der Waals surface area contributed by atoms with E-state index in [1.54, 1.807) is 45.2 Å². The highest BCUT2D eigenvalue weighted by atomic mass is 32.2. The van der Waals surface area contributed by atoms with Crippen molar-refractivity contribution in [3.8, 4) is 5.75 Å². The highest BCUT2D eigenvalue weighted by Gasteiger charge is 2.42. The Kier molecular flexibility index (Phi) is 5.95. The number of nitrogens with one attached hydrogen (secondary N) is 1. The highest BCUT2D eigenvalue weighted by Crippen LogP contribution is 2.26. The van der Waals surface area contributed by atoms with Gasteiger partial charge in [0.15, 0.2) is 9.84 Å². The minimum atomic E-state index is -3.10. The number of rotatable bonds is 6. The average molecular weight is 382 g/mol. The molecule has 0 spiro atoms. The zero-order valence-corrected chi connectivity index (χ0v) is 16.4. The van der Waals surface area contributed by atoms with E-state index in [0.29, 0.717) is 24.5 Å². The van der Waals surface area contributed by atoms with Gasteiger partial charge in [0, 0.05) is 18.8 Å². The molecule has 26 heavy (non-hydrogen) atoms. The molecule has 2 rings (SSSR count). The summed E-state index contributed by atoms with van der Waals surface area (Å²) in [6.45, 7) is 5.52. The van der Waals surface area contributed by atoms with E-state index in [9.17, 15) is 18.0 Å². The Balaban J connectivity index is 2.05. The van der Waals surface area contributed by atoms with E-state index in [4.69, 9.17) is 4.74 Å². The van der Waals surface area contributed by atoms with E-state index in [2.05, 4.69) is 5.32 Å². The molecule has 0 aromatic heterocycles. The summed E-state index contributed by atoms with van der Waals surface area (Å²) < 4.78 is 28.6. The Labute approximate surface area is 154 Å². The lowest BCUT2D eigenvalue weighted by Crippen LogP contribution is -2.49. The maximum atomic E-state index is 12.8. The molecule has 1 fully saturated rings. The fraction of sp³-hybridized carbons (Fsp3) is 0.556. The lowest BCUT2D eigenvalue weighted by atomic mass is 9.89. The standard InChI is InChI=1S/C18H26N2O5S/c1-5-25-15-8-6-13(7-9-15)19-16(21)18(2,3)17(22)20(4)14-10-11-26(23,24)12-14/h6-9,14H,5,10-12H2,1-4H3,(H,19,21). The van der Waals surface area contributed by atoms with Crippen LogP contribution in [-0.2, 0) is 19.4 Å². The normalized spacial score (nSPS) is 19.0. The lowest BCUT2D eigenvalue weighted by molar-refractivity contribution is -0.146. The molecule has 1 saturated heterocycles. The van der Waals surface area contributed by atoms with E-state index in [-0.39, 0.29) is 17.5 Å². The molecule has 0 saturated carbocycles. The predicted octanol–water partition coefficient (Wildman–Crippen LogP) is 1.70. The number of carbonyl (C=O) groups is 2. The zero-order chi connectivity index (χ0) is 19.5. The van der Waals surface area contributed by atoms with Crippen molar-refractivity contribution >= 4 is 27.3 Å². The first kappa shape index (κ1) is 20.2. The molecular formula is C18H26N2O5S. The van der Waals surface area contributed by atoms with Crippen LogP contribution >= 0.6 is 0 Å². The van der Waals surface area contributed by atoms with Gasteiger partial charge in [-0.25, -0.2) is 8.42 Å². The van der Waals surface area contributed by atoms with E-state index in [0.717, 1.165) is 0 Å². The summed E-state index contributed by atoms with van der Waals surface area (Å²) in [7, 11) is -1.55. The molecule has 7 nitrogen and oxygen atoms in total. The average Bonchev–Trinajstić information content (AvgIpc) is 2.95. The summed E-state index contributed by atoms with van der Waals surface area (Å²) in [5.41, 5.74) is -0.759. The van der Waals surface area contributed by atoms with Crippen LogP contribution in [0.15, 0.2) is 24.3 Å². The largest absolute Gasteiger partial charge is 0.494 e. The van der Waals surface area contributed by atoms with Gasteiger partial charge < -0.3 is 15.0 Å². The van der Waals surface area contributed by atoms with E-state index >= 15 is 0 Å². The fourth-order valence-electron chi connectivity index (χ4n) is 2.87. The molecule has 0 aliphatic carbocycles. The van der Waals surface area contributed by atoms with Gasteiger partial charge in [0.25, 0.3) is 0 Å². The molecule has 1 aliphatic heterocycles. The van der Waals surface area contributed by atoms with Gasteiger partial charge in [-0.1, -0.05) is 0 Å². The van der Waals surface area contributed by atoms with Gasteiger partial charge in [-0.2, -0.15) is 0 Å². The maximum absolute atomic E-state index is 12.8. The van der Waals surface area contributed by atoms with Crippen LogP contribution in [-0.4, -0.2) is 56.3 Å². The maximum Gasteiger partial charge on any atom is 0.239 e. The van der Waals surface area contributed by atoms with Crippen LogP contribution in [0.4, 0.5) is 5.69 Å². The summed E-state index contributed by atoms with van der Waals surface area (Å²) in [5.74, 6) is -0.120. The van der Waals surface area contributed by atoms with Crippen LogP contribution in [0.2, 0.25) is 0 Å². The SMILES string of the molecule is CCOc1ccc(NC(=O)C(C)(C)C(=O)N(C)C2CCS(=O)(=O)C2)cc1. The Bertz CT molecular complexity index is 771. The van der Waals surface area contributed by atoms with Gasteiger partial charge in [0.05, 0.1) is 18.1 Å². The second-order valence-corrected chi connectivity index (χ2v) is 9.24. The molecule has 1 heterocycles. The van der Waals surface area contributed by atoms with Crippen molar-refractivity contribution in [2.75, 3.05) is 30.5 Å². The van der Waals surface area contributed by atoms with Crippen LogP contribution < -0.4 is 10.1 Å². The highest BCUT2D eigenvalue weighted by molar-refractivity contribution is 7.91. The van der Waals surface area contributed by atoms with Crippen molar-refractivity contribution in [1.82, 2.24) is 4.90 Å². The minimum absolute atomic E-state index is 0.0498. The Morgan fingerprint density at radius 1 is 1.27 bits per heavy atom. The fourth-order valence-corrected chi connectivity index (χ4v) is 4.65. The van der Waals surface area contributed by atoms with Crippen molar-refractivity contribution in [2.45, 2.75) is 33.2 Å². The first-order valence-corrected chi connectivity index (χ1v) is 10.4. The van der Waals surface area contributed by atoms with Crippen LogP contribution in [0.5, 0.6) is 5.75 Å². The number of carbonyl (C=O) groups excluding carboxylic acids is 2. The smallest absolute Gasteiger partial charge is 0.239 e. The van der Waals surface area contributed by atoms with E-state index in [1.807, 2.05) is 6.92 Å². The number of nitrogens with zero attached hydrogens (tertiary/aromatic N) is 1. The third-order valence-electron chi connectivity index (χ3n) is 4.60. The Hall–Kier alpha value is -2.09. The van der Waals surface area contributed by atoms with Gasteiger partial charge in [-0.05, 0) is 51.5 Å². The van der Waals surface area contributed by atoms with E-state index in [1.165, 1.54) is 4.90 Å². The Morgan fingerprint density at radius 2 is 1.88 bits per heavy atom. The lowest BCUT2D eigenvalue weighted by Gasteiger charge is -2.31. The second-order valence-electron chi connectivity index (χ2n) is 7.01. The number of sulfone groups is 1. The summed E-state index contributed by atoms with van der Waals surface area (Å²) in [6.07, 6.45) is 0.404. The molecule has 1 unspecified atom stereocenters. The zero-order valence-electron chi connectivity index (χ0n) is 15.6. The van der Waals surface area contributed by atoms with Crippen molar-refractivity contribution in [1.29, 1.82) is 0 Å². The molecule has 0 bridgehead atoms. The van der Waals surface area contributed by atoms with Crippen LogP contribution in [0.3, 0.4) is 0 Å². The summed E-state index contributed by atoms with van der Waals surface area (Å²) >= 11 is 0. The molecular weight excluding hydrogens is 356 g/mol. The monoisotopic (exact) mass is 382 g/mol. The van der Waals surface area contributed by atoms with E-state index < -0.39 is 27.1 Å². The molecule has 144 valence electrons. The third-order valence-corrected chi connectivity index (χ3v) is 6.35. The van der Waals surface area contributed by atoms with Crippen LogP contribution in [0, 0.1) is 5.41 Å². The molecule has 0 radical (unpaired) electrons. The Morgan fingerprint density at radius 3 is 2.38 bits per heavy atom. The molecule has 8 heteroatoms. The van der Waals surface area contributed by atoms with Gasteiger partial charge in [0.1, 0.15) is 11.2 Å². The molecule has 1 N–H and O–H groups in total. The van der Waals surface area contributed by atoms with Gasteiger partial charge in [-0.15, -0.1) is 0 Å². The summed E-state index contributed by atoms with van der Waals surface area (Å²) in [6, 6.07) is 6.50. The summed E-state index contributed by atoms with van der Waals surface area (Å²) in [5, 5.41) is 2.73.